The minimum Gasteiger partial charge on any atom is -0.492 e. The van der Waals surface area contributed by atoms with Gasteiger partial charge in [0, 0.05) is 29.1 Å². The number of pyridine rings is 2. The summed E-state index contributed by atoms with van der Waals surface area (Å²) in [4.78, 5) is 34.3. The number of para-hydroxylation sites is 1. The third-order valence-corrected chi connectivity index (χ3v) is 9.61. The molecule has 0 bridgehead atoms. The number of carbonyl (C=O) groups excluding carboxylic acids is 1. The van der Waals surface area contributed by atoms with Crippen molar-refractivity contribution in [1.29, 1.82) is 0 Å². The predicted octanol–water partition coefficient (Wildman–Crippen LogP) is 4.40. The number of aromatic nitrogens is 3. The van der Waals surface area contributed by atoms with E-state index in [4.69, 9.17) is 16.3 Å². The van der Waals surface area contributed by atoms with E-state index in [-0.39, 0.29) is 23.0 Å². The molecule has 1 saturated carbocycles. The number of carbonyl (C=O) groups is 1. The number of nitrogens with one attached hydrogen (secondary N) is 2. The quantitative estimate of drug-likeness (QED) is 0.290. The van der Waals surface area contributed by atoms with Gasteiger partial charge in [0.2, 0.25) is 10.0 Å². The van der Waals surface area contributed by atoms with Crippen LogP contribution in [0, 0.1) is 0 Å². The number of benzene rings is 2. The number of fused-ring (bicyclic) bond motifs is 4. The highest BCUT2D eigenvalue weighted by Crippen LogP contribution is 2.44. The number of amides is 1. The van der Waals surface area contributed by atoms with Gasteiger partial charge < -0.3 is 14.3 Å². The normalized spacial score (nSPS) is 14.8. The maximum atomic E-state index is 14.0. The van der Waals surface area contributed by atoms with Crippen molar-refractivity contribution in [2.24, 2.45) is 0 Å². The Morgan fingerprint density at radius 1 is 1.15 bits per heavy atom. The van der Waals surface area contributed by atoms with Crippen molar-refractivity contribution in [1.82, 2.24) is 19.3 Å². The van der Waals surface area contributed by atoms with E-state index in [1.165, 1.54) is 6.20 Å². The van der Waals surface area contributed by atoms with Gasteiger partial charge in [0.1, 0.15) is 16.6 Å². The summed E-state index contributed by atoms with van der Waals surface area (Å²) in [6, 6.07) is 16.5. The van der Waals surface area contributed by atoms with Gasteiger partial charge in [-0.15, -0.1) is 0 Å². The molecule has 7 rings (SSSR count). The summed E-state index contributed by atoms with van der Waals surface area (Å²) >= 11 is 6.63. The summed E-state index contributed by atoms with van der Waals surface area (Å²) in [6.07, 6.45) is 3.18. The zero-order chi connectivity index (χ0) is 27.6. The number of ether oxygens (including phenoxy) is 1. The van der Waals surface area contributed by atoms with E-state index in [1.807, 2.05) is 42.5 Å². The lowest BCUT2D eigenvalue weighted by Crippen LogP contribution is -2.35. The molecule has 11 heteroatoms. The monoisotopic (exact) mass is 574 g/mol. The first-order chi connectivity index (χ1) is 19.3. The van der Waals surface area contributed by atoms with Crippen molar-refractivity contribution < 1.29 is 17.9 Å². The number of hydrogen-bond donors (Lipinski definition) is 2. The second-order valence-electron chi connectivity index (χ2n) is 10.1. The minimum absolute atomic E-state index is 0.0315. The van der Waals surface area contributed by atoms with Gasteiger partial charge in [0.25, 0.3) is 11.5 Å². The third-order valence-electron chi connectivity index (χ3n) is 7.46. The summed E-state index contributed by atoms with van der Waals surface area (Å²) < 4.78 is 35.8. The van der Waals surface area contributed by atoms with Crippen molar-refractivity contribution in [3.8, 4) is 16.9 Å². The summed E-state index contributed by atoms with van der Waals surface area (Å²) in [7, 11) is -3.89. The van der Waals surface area contributed by atoms with Crippen molar-refractivity contribution >= 4 is 49.3 Å². The van der Waals surface area contributed by atoms with Crippen molar-refractivity contribution in [3.63, 3.8) is 0 Å². The first kappa shape index (κ1) is 24.9. The molecule has 9 nitrogen and oxygen atoms in total. The topological polar surface area (TPSA) is 123 Å². The Kier molecular flexibility index (Phi) is 5.72. The van der Waals surface area contributed by atoms with Gasteiger partial charge in [0.15, 0.2) is 0 Å². The molecule has 5 aromatic rings. The molecule has 0 unspecified atom stereocenters. The average Bonchev–Trinajstić information content (AvgIpc) is 3.61. The second kappa shape index (κ2) is 9.21. The summed E-state index contributed by atoms with van der Waals surface area (Å²) in [5.74, 6) is -0.241. The second-order valence-corrected chi connectivity index (χ2v) is 12.4. The SMILES string of the molecule is O=C(NS(=O)(=O)C1CC1)c1c(-c2ccc[nH]c2=O)c2c3c(ccc2n1Cc1cc2ccccc2nc1Cl)CCO3. The van der Waals surface area contributed by atoms with E-state index in [1.54, 1.807) is 16.7 Å². The highest BCUT2D eigenvalue weighted by atomic mass is 35.5. The molecule has 4 heterocycles. The van der Waals surface area contributed by atoms with Crippen LogP contribution in [0.4, 0.5) is 0 Å². The molecule has 0 saturated heterocycles. The Morgan fingerprint density at radius 3 is 2.77 bits per heavy atom. The van der Waals surface area contributed by atoms with Crippen LogP contribution in [0.25, 0.3) is 32.9 Å². The largest absolute Gasteiger partial charge is 0.492 e. The van der Waals surface area contributed by atoms with Crippen molar-refractivity contribution in [2.45, 2.75) is 31.1 Å². The molecule has 202 valence electrons. The predicted molar refractivity (Wildman–Crippen MR) is 152 cm³/mol. The lowest BCUT2D eigenvalue weighted by molar-refractivity contribution is 0.0974. The highest BCUT2D eigenvalue weighted by molar-refractivity contribution is 7.91. The van der Waals surface area contributed by atoms with Crippen LogP contribution < -0.4 is 15.0 Å². The number of H-pyrrole nitrogens is 1. The van der Waals surface area contributed by atoms with Crippen molar-refractivity contribution in [3.05, 3.63) is 93.1 Å². The minimum atomic E-state index is -3.89. The summed E-state index contributed by atoms with van der Waals surface area (Å²) in [6.45, 7) is 0.561. The van der Waals surface area contributed by atoms with Gasteiger partial charge in [-0.25, -0.2) is 18.1 Å². The molecule has 2 aliphatic rings. The Labute approximate surface area is 233 Å². The van der Waals surface area contributed by atoms with Gasteiger partial charge in [-0.05, 0) is 48.7 Å². The van der Waals surface area contributed by atoms with Gasteiger partial charge in [-0.1, -0.05) is 35.9 Å². The smallest absolute Gasteiger partial charge is 0.282 e. The van der Waals surface area contributed by atoms with E-state index in [9.17, 15) is 18.0 Å². The summed E-state index contributed by atoms with van der Waals surface area (Å²) in [5, 5.41) is 1.09. The van der Waals surface area contributed by atoms with Gasteiger partial charge in [0.05, 0.1) is 40.4 Å². The fraction of sp³-hybridized carbons (Fsp3) is 0.207. The van der Waals surface area contributed by atoms with Crippen LogP contribution in [0.5, 0.6) is 5.75 Å². The Morgan fingerprint density at radius 2 is 1.98 bits per heavy atom. The van der Waals surface area contributed by atoms with Gasteiger partial charge in [-0.2, -0.15) is 0 Å². The van der Waals surface area contributed by atoms with Crippen LogP contribution in [0.15, 0.2) is 65.6 Å². The lowest BCUT2D eigenvalue weighted by Gasteiger charge is -2.14. The summed E-state index contributed by atoms with van der Waals surface area (Å²) in [5.41, 5.74) is 3.07. The van der Waals surface area contributed by atoms with E-state index in [2.05, 4.69) is 14.7 Å². The van der Waals surface area contributed by atoms with Gasteiger partial charge >= 0.3 is 0 Å². The molecule has 2 aromatic carbocycles. The van der Waals surface area contributed by atoms with Crippen LogP contribution in [0.3, 0.4) is 0 Å². The molecule has 0 atom stereocenters. The van der Waals surface area contributed by atoms with Crippen LogP contribution in [-0.4, -0.2) is 40.7 Å². The molecule has 1 amide bonds. The van der Waals surface area contributed by atoms with E-state index in [0.29, 0.717) is 53.6 Å². The fourth-order valence-corrected chi connectivity index (χ4v) is 6.90. The van der Waals surface area contributed by atoms with Crippen molar-refractivity contribution in [2.75, 3.05) is 6.61 Å². The van der Waals surface area contributed by atoms with Crippen LogP contribution >= 0.6 is 11.6 Å². The number of rotatable bonds is 6. The lowest BCUT2D eigenvalue weighted by atomic mass is 10.00. The molecule has 1 fully saturated rings. The van der Waals surface area contributed by atoms with E-state index >= 15 is 0 Å². The molecule has 40 heavy (non-hydrogen) atoms. The molecule has 1 aliphatic carbocycles. The molecule has 1 aliphatic heterocycles. The number of nitrogens with zero attached hydrogens (tertiary/aromatic N) is 2. The Hall–Kier alpha value is -4.15. The molecular formula is C29H23ClN4O5S. The number of halogens is 1. The number of aromatic amines is 1. The van der Waals surface area contributed by atoms with E-state index < -0.39 is 26.7 Å². The average molecular weight is 575 g/mol. The molecule has 3 aromatic heterocycles. The first-order valence-corrected chi connectivity index (χ1v) is 14.8. The molecule has 2 N–H and O–H groups in total. The Balaban J connectivity index is 1.53. The molecule has 0 spiro atoms. The van der Waals surface area contributed by atoms with E-state index in [0.717, 1.165) is 16.5 Å². The third kappa shape index (κ3) is 4.06. The maximum Gasteiger partial charge on any atom is 0.282 e. The molecular weight excluding hydrogens is 552 g/mol. The zero-order valence-electron chi connectivity index (χ0n) is 21.1. The standard InChI is InChI=1S/C29H23ClN4O5S/c30-27-18(14-17-4-1-2-6-21(17)32-27)15-34-22-10-7-16-11-13-39-26(16)24(22)23(20-5-3-12-31-28(20)35)25(34)29(36)33-40(37,38)19-8-9-19/h1-7,10,12,14,19H,8-9,11,13,15H2,(H,31,35)(H,33,36). The van der Waals surface area contributed by atoms with Crippen LogP contribution in [0.1, 0.15) is 34.5 Å². The Bertz CT molecular complexity index is 2030. The van der Waals surface area contributed by atoms with Gasteiger partial charge in [-0.3, -0.25) is 9.59 Å². The number of hydrogen-bond acceptors (Lipinski definition) is 6. The highest BCUT2D eigenvalue weighted by Gasteiger charge is 2.39. The molecule has 0 radical (unpaired) electrons. The zero-order valence-corrected chi connectivity index (χ0v) is 22.7. The fourth-order valence-electron chi connectivity index (χ4n) is 5.42. The van der Waals surface area contributed by atoms with Crippen LogP contribution in [0.2, 0.25) is 5.15 Å². The maximum absolute atomic E-state index is 14.0. The van der Waals surface area contributed by atoms with Crippen LogP contribution in [-0.2, 0) is 23.0 Å². The first-order valence-electron chi connectivity index (χ1n) is 12.9. The number of sulfonamides is 1.